The van der Waals surface area contributed by atoms with Crippen molar-refractivity contribution in [3.63, 3.8) is 0 Å². The third-order valence-electron chi connectivity index (χ3n) is 5.16. The van der Waals surface area contributed by atoms with Gasteiger partial charge in [-0.05, 0) is 46.9 Å². The van der Waals surface area contributed by atoms with E-state index in [9.17, 15) is 18.7 Å². The van der Waals surface area contributed by atoms with Crippen molar-refractivity contribution in [1.29, 1.82) is 0 Å². The Bertz CT molecular complexity index is 1040. The summed E-state index contributed by atoms with van der Waals surface area (Å²) >= 11 is 0. The molecule has 0 bridgehead atoms. The first-order chi connectivity index (χ1) is 14.0. The maximum absolute atomic E-state index is 14.0. The van der Waals surface area contributed by atoms with Gasteiger partial charge in [0.25, 0.3) is 5.91 Å². The molecule has 4 rings (SSSR count). The number of carbonyl (C=O) groups excluding carboxylic acids is 1. The van der Waals surface area contributed by atoms with Crippen LogP contribution in [-0.2, 0) is 17.9 Å². The van der Waals surface area contributed by atoms with Crippen LogP contribution in [0, 0.1) is 11.6 Å². The number of hydrogen-bond donors (Lipinski definition) is 2. The van der Waals surface area contributed by atoms with Gasteiger partial charge in [0.05, 0.1) is 0 Å². The highest BCUT2D eigenvalue weighted by molar-refractivity contribution is 5.86. The van der Waals surface area contributed by atoms with Crippen LogP contribution in [0.1, 0.15) is 24.0 Å². The average molecular weight is 402 g/mol. The summed E-state index contributed by atoms with van der Waals surface area (Å²) in [6, 6.07) is 9.31. The maximum Gasteiger partial charge on any atom is 0.256 e. The SMILES string of the molecule is O=C1N(Cc2cccc(F)c2F)CCCC1(O)CNCc1ccc2nonc2c1. The Morgan fingerprint density at radius 1 is 1.21 bits per heavy atom. The Kier molecular flexibility index (Phi) is 5.25. The maximum atomic E-state index is 14.0. The highest BCUT2D eigenvalue weighted by Gasteiger charge is 2.42. The first-order valence-electron chi connectivity index (χ1n) is 9.33. The zero-order valence-corrected chi connectivity index (χ0v) is 15.6. The molecule has 29 heavy (non-hydrogen) atoms. The summed E-state index contributed by atoms with van der Waals surface area (Å²) < 4.78 is 32.1. The number of rotatable bonds is 6. The number of aliphatic hydroxyl groups is 1. The number of carbonyl (C=O) groups is 1. The lowest BCUT2D eigenvalue weighted by Crippen LogP contribution is -2.57. The predicted octanol–water partition coefficient (Wildman–Crippen LogP) is 2.14. The van der Waals surface area contributed by atoms with Gasteiger partial charge in [-0.2, -0.15) is 0 Å². The predicted molar refractivity (Wildman–Crippen MR) is 99.5 cm³/mol. The Balaban J connectivity index is 1.39. The van der Waals surface area contributed by atoms with E-state index < -0.39 is 23.1 Å². The van der Waals surface area contributed by atoms with Gasteiger partial charge in [-0.3, -0.25) is 4.79 Å². The number of piperidine rings is 1. The van der Waals surface area contributed by atoms with Crippen molar-refractivity contribution >= 4 is 16.9 Å². The van der Waals surface area contributed by atoms with E-state index in [0.29, 0.717) is 37.0 Å². The highest BCUT2D eigenvalue weighted by atomic mass is 19.2. The van der Waals surface area contributed by atoms with Gasteiger partial charge in [0.1, 0.15) is 11.0 Å². The molecular formula is C20H20F2N4O3. The van der Waals surface area contributed by atoms with Gasteiger partial charge in [0, 0.05) is 31.7 Å². The van der Waals surface area contributed by atoms with E-state index in [0.717, 1.165) is 11.6 Å². The van der Waals surface area contributed by atoms with Crippen molar-refractivity contribution < 1.29 is 23.3 Å². The Hall–Kier alpha value is -2.91. The number of amides is 1. The second-order valence-corrected chi connectivity index (χ2v) is 7.27. The van der Waals surface area contributed by atoms with Crippen LogP contribution < -0.4 is 5.32 Å². The third-order valence-corrected chi connectivity index (χ3v) is 5.16. The van der Waals surface area contributed by atoms with Gasteiger partial charge in [0.15, 0.2) is 17.2 Å². The van der Waals surface area contributed by atoms with Crippen molar-refractivity contribution in [2.24, 2.45) is 0 Å². The van der Waals surface area contributed by atoms with Gasteiger partial charge in [-0.15, -0.1) is 0 Å². The van der Waals surface area contributed by atoms with Crippen molar-refractivity contribution in [1.82, 2.24) is 20.5 Å². The molecule has 0 aliphatic carbocycles. The molecule has 1 aromatic heterocycles. The summed E-state index contributed by atoms with van der Waals surface area (Å²) in [5.74, 6) is -2.41. The molecule has 0 saturated carbocycles. The summed E-state index contributed by atoms with van der Waals surface area (Å²) in [5.41, 5.74) is 0.667. The Labute approximate surface area is 165 Å². The first kappa shape index (κ1) is 19.4. The van der Waals surface area contributed by atoms with Crippen LogP contribution in [-0.4, -0.2) is 44.9 Å². The molecule has 1 atom stereocenters. The summed E-state index contributed by atoms with van der Waals surface area (Å²) in [6.45, 7) is 0.757. The standard InChI is InChI=1S/C20H20F2N4O3/c21-15-4-1-3-14(18(15)22)11-26-8-2-7-20(28,19(26)27)12-23-10-13-5-6-16-17(9-13)25-29-24-16/h1,3-6,9,23,28H,2,7-8,10-12H2. The zero-order valence-electron chi connectivity index (χ0n) is 15.6. The van der Waals surface area contributed by atoms with E-state index in [1.807, 2.05) is 12.1 Å². The Morgan fingerprint density at radius 2 is 2.03 bits per heavy atom. The van der Waals surface area contributed by atoms with Crippen molar-refractivity contribution in [3.05, 3.63) is 59.2 Å². The number of halogens is 2. The largest absolute Gasteiger partial charge is 0.379 e. The molecule has 2 N–H and O–H groups in total. The number of benzene rings is 2. The fourth-order valence-corrected chi connectivity index (χ4v) is 3.61. The minimum atomic E-state index is -1.60. The van der Waals surface area contributed by atoms with Crippen LogP contribution in [0.3, 0.4) is 0 Å². The summed E-state index contributed by atoms with van der Waals surface area (Å²) in [4.78, 5) is 14.2. The molecule has 0 radical (unpaired) electrons. The van der Waals surface area contributed by atoms with E-state index in [4.69, 9.17) is 0 Å². The minimum absolute atomic E-state index is 0.0447. The lowest BCUT2D eigenvalue weighted by atomic mass is 9.91. The monoisotopic (exact) mass is 402 g/mol. The van der Waals surface area contributed by atoms with Gasteiger partial charge in [-0.25, -0.2) is 13.4 Å². The van der Waals surface area contributed by atoms with Crippen LogP contribution >= 0.6 is 0 Å². The summed E-state index contributed by atoms with van der Waals surface area (Å²) in [6.07, 6.45) is 0.866. The molecule has 1 saturated heterocycles. The van der Waals surface area contributed by atoms with Crippen LogP contribution in [0.2, 0.25) is 0 Å². The molecule has 7 nitrogen and oxygen atoms in total. The van der Waals surface area contributed by atoms with E-state index in [2.05, 4.69) is 20.3 Å². The topological polar surface area (TPSA) is 91.5 Å². The van der Waals surface area contributed by atoms with E-state index >= 15 is 0 Å². The first-order valence-corrected chi connectivity index (χ1v) is 9.33. The summed E-state index contributed by atoms with van der Waals surface area (Å²) in [5, 5.41) is 21.5. The van der Waals surface area contributed by atoms with Gasteiger partial charge >= 0.3 is 0 Å². The summed E-state index contributed by atoms with van der Waals surface area (Å²) in [7, 11) is 0. The molecule has 1 aliphatic rings. The number of aromatic nitrogens is 2. The van der Waals surface area contributed by atoms with Crippen LogP contribution in [0.4, 0.5) is 8.78 Å². The Morgan fingerprint density at radius 3 is 2.90 bits per heavy atom. The highest BCUT2D eigenvalue weighted by Crippen LogP contribution is 2.25. The number of hydrogen-bond acceptors (Lipinski definition) is 6. The lowest BCUT2D eigenvalue weighted by molar-refractivity contribution is -0.157. The molecule has 1 aliphatic heterocycles. The van der Waals surface area contributed by atoms with Crippen LogP contribution in [0.25, 0.3) is 11.0 Å². The van der Waals surface area contributed by atoms with Gasteiger partial charge < -0.3 is 15.3 Å². The molecule has 0 spiro atoms. The number of likely N-dealkylation sites (tertiary alicyclic amines) is 1. The van der Waals surface area contributed by atoms with Gasteiger partial charge in [-0.1, -0.05) is 18.2 Å². The molecule has 3 aromatic rings. The van der Waals surface area contributed by atoms with E-state index in [-0.39, 0.29) is 18.7 Å². The van der Waals surface area contributed by atoms with Crippen molar-refractivity contribution in [2.45, 2.75) is 31.5 Å². The fraction of sp³-hybridized carbons (Fsp3) is 0.350. The van der Waals surface area contributed by atoms with Crippen molar-refractivity contribution in [3.8, 4) is 0 Å². The minimum Gasteiger partial charge on any atom is -0.379 e. The lowest BCUT2D eigenvalue weighted by Gasteiger charge is -2.38. The number of nitrogens with zero attached hydrogens (tertiary/aromatic N) is 3. The molecule has 152 valence electrons. The van der Waals surface area contributed by atoms with E-state index in [1.54, 1.807) is 6.07 Å². The molecular weight excluding hydrogens is 382 g/mol. The molecule has 2 aromatic carbocycles. The van der Waals surface area contributed by atoms with Gasteiger partial charge in [0.2, 0.25) is 0 Å². The molecule has 1 fully saturated rings. The molecule has 1 amide bonds. The zero-order chi connectivity index (χ0) is 20.4. The van der Waals surface area contributed by atoms with E-state index in [1.165, 1.54) is 17.0 Å². The van der Waals surface area contributed by atoms with Crippen LogP contribution in [0.15, 0.2) is 41.0 Å². The second-order valence-electron chi connectivity index (χ2n) is 7.27. The molecule has 1 unspecified atom stereocenters. The quantitative estimate of drug-likeness (QED) is 0.657. The van der Waals surface area contributed by atoms with Crippen molar-refractivity contribution in [2.75, 3.05) is 13.1 Å². The fourth-order valence-electron chi connectivity index (χ4n) is 3.61. The second kappa shape index (κ2) is 7.84. The van der Waals surface area contributed by atoms with Crippen LogP contribution in [0.5, 0.6) is 0 Å². The smallest absolute Gasteiger partial charge is 0.256 e. The third kappa shape index (κ3) is 3.96. The molecule has 9 heteroatoms. The molecule has 2 heterocycles. The normalized spacial score (nSPS) is 19.8. The number of fused-ring (bicyclic) bond motifs is 1. The average Bonchev–Trinajstić information content (AvgIpc) is 3.17. The number of nitrogens with one attached hydrogen (secondary N) is 1.